The van der Waals surface area contributed by atoms with Crippen LogP contribution in [-0.4, -0.2) is 47.7 Å². The number of piperidine rings is 1. The largest absolute Gasteiger partial charge is 0.393 e. The average Bonchev–Trinajstić information content (AvgIpc) is 2.69. The average molecular weight is 403 g/mol. The number of aliphatic hydroxyl groups excluding tert-OH is 1. The number of likely N-dealkylation sites (tertiary alicyclic amines) is 1. The maximum Gasteiger partial charge on any atom is 0.191 e. The zero-order valence-corrected chi connectivity index (χ0v) is 19.0. The highest BCUT2D eigenvalue weighted by atomic mass is 16.3. The minimum atomic E-state index is -0.107. The second kappa shape index (κ2) is 12.9. The van der Waals surface area contributed by atoms with Crippen molar-refractivity contribution in [1.82, 2.24) is 15.5 Å². The minimum Gasteiger partial charge on any atom is -0.393 e. The van der Waals surface area contributed by atoms with Crippen LogP contribution in [0, 0.1) is 5.92 Å². The molecule has 0 bridgehead atoms. The van der Waals surface area contributed by atoms with E-state index in [0.717, 1.165) is 50.9 Å². The Morgan fingerprint density at radius 3 is 2.38 bits per heavy atom. The van der Waals surface area contributed by atoms with Crippen molar-refractivity contribution in [2.45, 2.75) is 85.0 Å². The molecule has 0 aliphatic carbocycles. The first-order chi connectivity index (χ1) is 14.0. The third-order valence-corrected chi connectivity index (χ3v) is 5.55. The van der Waals surface area contributed by atoms with Gasteiger partial charge in [0.2, 0.25) is 0 Å². The van der Waals surface area contributed by atoms with Crippen molar-refractivity contribution < 1.29 is 5.11 Å². The number of hydrogen-bond donors (Lipinski definition) is 3. The first kappa shape index (κ1) is 23.7. The van der Waals surface area contributed by atoms with Crippen molar-refractivity contribution in [3.8, 4) is 0 Å². The van der Waals surface area contributed by atoms with Gasteiger partial charge in [-0.2, -0.15) is 0 Å². The molecule has 0 saturated carbocycles. The van der Waals surface area contributed by atoms with E-state index in [9.17, 15) is 5.11 Å². The standard InChI is InChI=1S/C24H42N4O/c1-5-25-24(27-20(4)8-6-7-19(2)3)26-17-21-9-11-22(12-10-21)18-28-15-13-23(29)14-16-28/h9-12,19-20,23,29H,5-8,13-18H2,1-4H3,(H2,25,26,27). The third kappa shape index (κ3) is 9.64. The molecule has 1 aliphatic heterocycles. The van der Waals surface area contributed by atoms with Crippen LogP contribution in [0.1, 0.15) is 70.9 Å². The Balaban J connectivity index is 1.81. The van der Waals surface area contributed by atoms with Gasteiger partial charge >= 0.3 is 0 Å². The molecular formula is C24H42N4O. The number of aliphatic hydroxyl groups is 1. The van der Waals surface area contributed by atoms with Crippen molar-refractivity contribution in [3.05, 3.63) is 35.4 Å². The van der Waals surface area contributed by atoms with E-state index in [2.05, 4.69) is 67.5 Å². The molecule has 1 atom stereocenters. The van der Waals surface area contributed by atoms with Crippen molar-refractivity contribution in [2.75, 3.05) is 19.6 Å². The van der Waals surface area contributed by atoms with Gasteiger partial charge in [-0.25, -0.2) is 4.99 Å². The van der Waals surface area contributed by atoms with Gasteiger partial charge in [-0.3, -0.25) is 4.90 Å². The first-order valence-corrected chi connectivity index (χ1v) is 11.5. The smallest absolute Gasteiger partial charge is 0.191 e. The molecule has 3 N–H and O–H groups in total. The fourth-order valence-corrected chi connectivity index (χ4v) is 3.71. The summed E-state index contributed by atoms with van der Waals surface area (Å²) in [6.07, 6.45) is 5.38. The molecule has 164 valence electrons. The second-order valence-electron chi connectivity index (χ2n) is 8.89. The summed E-state index contributed by atoms with van der Waals surface area (Å²) in [7, 11) is 0. The summed E-state index contributed by atoms with van der Waals surface area (Å²) in [5.74, 6) is 1.68. The second-order valence-corrected chi connectivity index (χ2v) is 8.89. The van der Waals surface area contributed by atoms with E-state index < -0.39 is 0 Å². The van der Waals surface area contributed by atoms with E-state index >= 15 is 0 Å². The zero-order valence-electron chi connectivity index (χ0n) is 19.0. The van der Waals surface area contributed by atoms with Crippen LogP contribution in [-0.2, 0) is 13.1 Å². The number of benzene rings is 1. The Bertz CT molecular complexity index is 591. The van der Waals surface area contributed by atoms with Crippen LogP contribution in [0.5, 0.6) is 0 Å². The van der Waals surface area contributed by atoms with Crippen LogP contribution >= 0.6 is 0 Å². The predicted octanol–water partition coefficient (Wildman–Crippen LogP) is 3.91. The maximum absolute atomic E-state index is 9.64. The Hall–Kier alpha value is -1.59. The predicted molar refractivity (Wildman–Crippen MR) is 123 cm³/mol. The molecule has 1 fully saturated rings. The summed E-state index contributed by atoms with van der Waals surface area (Å²) in [5, 5.41) is 16.5. The Labute approximate surface area is 178 Å². The van der Waals surface area contributed by atoms with Gasteiger partial charge in [0, 0.05) is 32.2 Å². The van der Waals surface area contributed by atoms with Gasteiger partial charge in [0.05, 0.1) is 12.6 Å². The molecule has 5 heteroatoms. The number of nitrogens with zero attached hydrogens (tertiary/aromatic N) is 2. The lowest BCUT2D eigenvalue weighted by molar-refractivity contribution is 0.0792. The lowest BCUT2D eigenvalue weighted by atomic mass is 10.0. The quantitative estimate of drug-likeness (QED) is 0.410. The van der Waals surface area contributed by atoms with Gasteiger partial charge in [0.25, 0.3) is 0 Å². The first-order valence-electron chi connectivity index (χ1n) is 11.5. The van der Waals surface area contributed by atoms with E-state index in [1.54, 1.807) is 0 Å². The molecule has 0 amide bonds. The van der Waals surface area contributed by atoms with Crippen molar-refractivity contribution in [1.29, 1.82) is 0 Å². The molecule has 1 aromatic rings. The van der Waals surface area contributed by atoms with Gasteiger partial charge < -0.3 is 15.7 Å². The van der Waals surface area contributed by atoms with E-state index in [1.807, 2.05) is 0 Å². The molecule has 2 rings (SSSR count). The fourth-order valence-electron chi connectivity index (χ4n) is 3.71. The van der Waals surface area contributed by atoms with E-state index in [-0.39, 0.29) is 6.10 Å². The van der Waals surface area contributed by atoms with Crippen LogP contribution in [0.2, 0.25) is 0 Å². The lowest BCUT2D eigenvalue weighted by Crippen LogP contribution is -2.42. The monoisotopic (exact) mass is 402 g/mol. The number of rotatable bonds is 10. The lowest BCUT2D eigenvalue weighted by Gasteiger charge is -2.29. The van der Waals surface area contributed by atoms with Gasteiger partial charge in [0.1, 0.15) is 0 Å². The van der Waals surface area contributed by atoms with Gasteiger partial charge in [-0.05, 0) is 50.2 Å². The van der Waals surface area contributed by atoms with Gasteiger partial charge in [-0.15, -0.1) is 0 Å². The van der Waals surface area contributed by atoms with E-state index in [0.29, 0.717) is 12.6 Å². The normalized spacial score (nSPS) is 17.5. The topological polar surface area (TPSA) is 59.9 Å². The van der Waals surface area contributed by atoms with Crippen LogP contribution in [0.3, 0.4) is 0 Å². The summed E-state index contributed by atoms with van der Waals surface area (Å²) in [5.41, 5.74) is 2.56. The van der Waals surface area contributed by atoms with Crippen LogP contribution in [0.25, 0.3) is 0 Å². The molecule has 0 radical (unpaired) electrons. The zero-order chi connectivity index (χ0) is 21.1. The van der Waals surface area contributed by atoms with E-state index in [4.69, 9.17) is 4.99 Å². The Morgan fingerprint density at radius 1 is 1.10 bits per heavy atom. The summed E-state index contributed by atoms with van der Waals surface area (Å²) in [6, 6.07) is 9.23. The SMILES string of the molecule is CCNC(=NCc1ccc(CN2CCC(O)CC2)cc1)NC(C)CCCC(C)C. The van der Waals surface area contributed by atoms with E-state index in [1.165, 1.54) is 30.4 Å². The molecule has 29 heavy (non-hydrogen) atoms. The summed E-state index contributed by atoms with van der Waals surface area (Å²) in [4.78, 5) is 7.20. The molecule has 1 saturated heterocycles. The van der Waals surface area contributed by atoms with Gasteiger partial charge in [0.15, 0.2) is 5.96 Å². The Kier molecular flexibility index (Phi) is 10.5. The molecule has 1 unspecified atom stereocenters. The van der Waals surface area contributed by atoms with Crippen molar-refractivity contribution in [2.24, 2.45) is 10.9 Å². The number of hydrogen-bond acceptors (Lipinski definition) is 3. The minimum absolute atomic E-state index is 0.107. The van der Waals surface area contributed by atoms with Gasteiger partial charge in [-0.1, -0.05) is 51.0 Å². The highest BCUT2D eigenvalue weighted by Crippen LogP contribution is 2.14. The Morgan fingerprint density at radius 2 is 1.76 bits per heavy atom. The maximum atomic E-state index is 9.64. The molecule has 5 nitrogen and oxygen atoms in total. The highest BCUT2D eigenvalue weighted by Gasteiger charge is 2.16. The molecule has 0 spiro atoms. The number of nitrogens with one attached hydrogen (secondary N) is 2. The molecule has 0 aromatic heterocycles. The molecular weight excluding hydrogens is 360 g/mol. The van der Waals surface area contributed by atoms with Crippen LogP contribution in [0.15, 0.2) is 29.3 Å². The number of aliphatic imine (C=N–C) groups is 1. The van der Waals surface area contributed by atoms with Crippen LogP contribution < -0.4 is 10.6 Å². The van der Waals surface area contributed by atoms with Crippen molar-refractivity contribution in [3.63, 3.8) is 0 Å². The summed E-state index contributed by atoms with van der Waals surface area (Å²) >= 11 is 0. The summed E-state index contributed by atoms with van der Waals surface area (Å²) < 4.78 is 0. The summed E-state index contributed by atoms with van der Waals surface area (Å²) in [6.45, 7) is 13.4. The van der Waals surface area contributed by atoms with Crippen molar-refractivity contribution >= 4 is 5.96 Å². The molecule has 1 heterocycles. The number of guanidine groups is 1. The molecule has 1 aliphatic rings. The third-order valence-electron chi connectivity index (χ3n) is 5.55. The highest BCUT2D eigenvalue weighted by molar-refractivity contribution is 5.80. The fraction of sp³-hybridized carbons (Fsp3) is 0.708. The van der Waals surface area contributed by atoms with Crippen LogP contribution in [0.4, 0.5) is 0 Å². The molecule has 1 aromatic carbocycles.